The van der Waals surface area contributed by atoms with Crippen molar-refractivity contribution in [3.63, 3.8) is 0 Å². The van der Waals surface area contributed by atoms with E-state index in [1.807, 2.05) is 108 Å². The highest BCUT2D eigenvalue weighted by Crippen LogP contribution is 2.28. The standard InChI is InChI=1S/C30H37N7O3.C2H6.2CH2O/c1-30(2,3)40-29(38)35-25-7-5-20(6-8-25)19-37-27-21(18-32-37)17-31-28(36-27)34-24-11-9-22(10-12-24)33-23-13-15-26(39-4)16-14-23;3*1-2/h9-18,20,25,33H,5-8,19H2,1-4H3,(H,35,38)(H,31,34,36);1-2H3;2*1H2. The summed E-state index contributed by atoms with van der Waals surface area (Å²) in [5, 5.41) is 15.2. The van der Waals surface area contributed by atoms with E-state index in [9.17, 15) is 4.79 Å². The SMILES string of the molecule is C=O.C=O.CC.COc1ccc(Nc2ccc(Nc3ncc4cnn(CC5CCC(NC(=O)OC(C)(C)C)CC5)c4n3)cc2)cc1. The first kappa shape index (κ1) is 37.2. The van der Waals surface area contributed by atoms with E-state index < -0.39 is 5.60 Å². The second-order valence-corrected chi connectivity index (χ2v) is 11.2. The number of nitrogens with zero attached hydrogens (tertiary/aromatic N) is 4. The Hall–Kier alpha value is -5.00. The molecule has 1 aliphatic carbocycles. The predicted octanol–water partition coefficient (Wildman–Crippen LogP) is 7.06. The molecule has 4 aromatic rings. The highest BCUT2D eigenvalue weighted by Gasteiger charge is 2.25. The Bertz CT molecular complexity index is 1460. The lowest BCUT2D eigenvalue weighted by atomic mass is 9.86. The van der Waals surface area contributed by atoms with Gasteiger partial charge in [0.15, 0.2) is 5.65 Å². The molecule has 1 amide bonds. The van der Waals surface area contributed by atoms with Gasteiger partial charge >= 0.3 is 6.09 Å². The number of hydrogen-bond donors (Lipinski definition) is 3. The summed E-state index contributed by atoms with van der Waals surface area (Å²) in [7, 11) is 1.66. The molecule has 0 saturated heterocycles. The van der Waals surface area contributed by atoms with E-state index in [-0.39, 0.29) is 12.1 Å². The van der Waals surface area contributed by atoms with Crippen LogP contribution < -0.4 is 20.7 Å². The van der Waals surface area contributed by atoms with Crippen LogP contribution in [0.3, 0.4) is 0 Å². The number of carbonyl (C=O) groups excluding carboxylic acids is 3. The molecule has 0 aliphatic heterocycles. The van der Waals surface area contributed by atoms with E-state index in [1.165, 1.54) is 0 Å². The maximum Gasteiger partial charge on any atom is 0.407 e. The number of hydrogen-bond acceptors (Lipinski definition) is 10. The van der Waals surface area contributed by atoms with Gasteiger partial charge in [-0.25, -0.2) is 14.5 Å². The molecule has 2 aromatic carbocycles. The molecule has 2 heterocycles. The van der Waals surface area contributed by atoms with Crippen molar-refractivity contribution in [2.24, 2.45) is 5.92 Å². The van der Waals surface area contributed by atoms with Gasteiger partial charge < -0.3 is 35.0 Å². The first-order valence-electron chi connectivity index (χ1n) is 15.3. The normalized spacial score (nSPS) is 15.3. The Balaban J connectivity index is 0.00000116. The van der Waals surface area contributed by atoms with Crippen LogP contribution in [0.2, 0.25) is 0 Å². The zero-order chi connectivity index (χ0) is 34.1. The van der Waals surface area contributed by atoms with E-state index in [0.717, 1.165) is 66.1 Å². The first-order valence-corrected chi connectivity index (χ1v) is 15.3. The number of anilines is 4. The summed E-state index contributed by atoms with van der Waals surface area (Å²) < 4.78 is 12.6. The van der Waals surface area contributed by atoms with Gasteiger partial charge in [-0.15, -0.1) is 0 Å². The largest absolute Gasteiger partial charge is 0.497 e. The number of carbonyl (C=O) groups is 3. The molecule has 1 saturated carbocycles. The average Bonchev–Trinajstić information content (AvgIpc) is 3.47. The van der Waals surface area contributed by atoms with E-state index in [2.05, 4.69) is 26.0 Å². The zero-order valence-corrected chi connectivity index (χ0v) is 27.7. The number of alkyl carbamates (subject to hydrolysis) is 1. The highest BCUT2D eigenvalue weighted by atomic mass is 16.6. The van der Waals surface area contributed by atoms with Crippen molar-refractivity contribution in [3.8, 4) is 5.75 Å². The Labute approximate surface area is 271 Å². The summed E-state index contributed by atoms with van der Waals surface area (Å²) in [5.74, 6) is 1.82. The van der Waals surface area contributed by atoms with Crippen LogP contribution in [-0.4, -0.2) is 58.2 Å². The summed E-state index contributed by atoms with van der Waals surface area (Å²) in [6, 6.07) is 15.9. The number of aromatic nitrogens is 4. The summed E-state index contributed by atoms with van der Waals surface area (Å²) in [6.45, 7) is 14.4. The fraction of sp³-hybridized carbons (Fsp3) is 0.412. The molecule has 0 bridgehead atoms. The molecule has 0 atom stereocenters. The van der Waals surface area contributed by atoms with E-state index >= 15 is 0 Å². The monoisotopic (exact) mass is 633 g/mol. The number of ether oxygens (including phenoxy) is 2. The molecule has 1 aliphatic rings. The second-order valence-electron chi connectivity index (χ2n) is 11.2. The maximum absolute atomic E-state index is 12.1. The molecule has 5 rings (SSSR count). The number of methoxy groups -OCH3 is 1. The van der Waals surface area contributed by atoms with Crippen LogP contribution in [-0.2, 0) is 20.9 Å². The number of rotatable bonds is 8. The molecule has 248 valence electrons. The molecule has 2 aromatic heterocycles. The van der Waals surface area contributed by atoms with Crippen LogP contribution in [0, 0.1) is 5.92 Å². The molecule has 12 nitrogen and oxygen atoms in total. The molecular formula is C34H47N7O5. The van der Waals surface area contributed by atoms with Crippen molar-refractivity contribution in [1.29, 1.82) is 0 Å². The molecule has 1 fully saturated rings. The summed E-state index contributed by atoms with van der Waals surface area (Å²) >= 11 is 0. The van der Waals surface area contributed by atoms with E-state index in [1.54, 1.807) is 13.3 Å². The maximum atomic E-state index is 12.1. The van der Waals surface area contributed by atoms with Gasteiger partial charge in [-0.05, 0) is 101 Å². The number of fused-ring (bicyclic) bond motifs is 1. The van der Waals surface area contributed by atoms with Gasteiger partial charge in [0, 0.05) is 35.8 Å². The van der Waals surface area contributed by atoms with Gasteiger partial charge in [-0.3, -0.25) is 0 Å². The van der Waals surface area contributed by atoms with Crippen molar-refractivity contribution < 1.29 is 23.9 Å². The first-order chi connectivity index (χ1) is 22.2. The summed E-state index contributed by atoms with van der Waals surface area (Å²) in [6.07, 6.45) is 7.14. The molecule has 0 spiro atoms. The summed E-state index contributed by atoms with van der Waals surface area (Å²) in [4.78, 5) is 37.4. The van der Waals surface area contributed by atoms with Gasteiger partial charge in [0.2, 0.25) is 5.95 Å². The molecule has 0 radical (unpaired) electrons. The Kier molecular flexibility index (Phi) is 15.1. The highest BCUT2D eigenvalue weighted by molar-refractivity contribution is 5.75. The van der Waals surface area contributed by atoms with Gasteiger partial charge in [0.25, 0.3) is 0 Å². The van der Waals surface area contributed by atoms with Crippen molar-refractivity contribution in [2.45, 2.75) is 78.5 Å². The third kappa shape index (κ3) is 11.5. The van der Waals surface area contributed by atoms with E-state index in [4.69, 9.17) is 24.0 Å². The fourth-order valence-electron chi connectivity index (χ4n) is 4.88. The summed E-state index contributed by atoms with van der Waals surface area (Å²) in [5.41, 5.74) is 3.17. The minimum atomic E-state index is -0.490. The quantitative estimate of drug-likeness (QED) is 0.184. The minimum absolute atomic E-state index is 0.149. The Morgan fingerprint density at radius 1 is 0.870 bits per heavy atom. The smallest absolute Gasteiger partial charge is 0.407 e. The lowest BCUT2D eigenvalue weighted by Crippen LogP contribution is -2.41. The number of nitrogens with one attached hydrogen (secondary N) is 3. The molecule has 0 unspecified atom stereocenters. The Morgan fingerprint density at radius 2 is 1.41 bits per heavy atom. The third-order valence-electron chi connectivity index (χ3n) is 6.90. The molecular weight excluding hydrogens is 586 g/mol. The lowest BCUT2D eigenvalue weighted by molar-refractivity contribution is -0.0987. The van der Waals surface area contributed by atoms with Crippen LogP contribution in [0.1, 0.15) is 60.3 Å². The predicted molar refractivity (Wildman–Crippen MR) is 182 cm³/mol. The van der Waals surface area contributed by atoms with Gasteiger partial charge in [0.1, 0.15) is 24.9 Å². The number of amides is 1. The van der Waals surface area contributed by atoms with Crippen LogP contribution in [0.25, 0.3) is 11.0 Å². The average molecular weight is 634 g/mol. The van der Waals surface area contributed by atoms with Crippen LogP contribution in [0.15, 0.2) is 60.9 Å². The van der Waals surface area contributed by atoms with Crippen LogP contribution >= 0.6 is 0 Å². The third-order valence-corrected chi connectivity index (χ3v) is 6.90. The van der Waals surface area contributed by atoms with Crippen LogP contribution in [0.4, 0.5) is 27.8 Å². The van der Waals surface area contributed by atoms with Crippen molar-refractivity contribution >= 4 is 53.7 Å². The molecule has 46 heavy (non-hydrogen) atoms. The fourth-order valence-corrected chi connectivity index (χ4v) is 4.88. The van der Waals surface area contributed by atoms with Crippen molar-refractivity contribution in [3.05, 3.63) is 60.9 Å². The van der Waals surface area contributed by atoms with Crippen molar-refractivity contribution in [1.82, 2.24) is 25.1 Å². The zero-order valence-electron chi connectivity index (χ0n) is 27.7. The second kappa shape index (κ2) is 18.7. The van der Waals surface area contributed by atoms with Crippen LogP contribution in [0.5, 0.6) is 5.75 Å². The van der Waals surface area contributed by atoms with Gasteiger partial charge in [0.05, 0.1) is 18.7 Å². The molecule has 3 N–H and O–H groups in total. The van der Waals surface area contributed by atoms with Gasteiger partial charge in [-0.2, -0.15) is 10.1 Å². The van der Waals surface area contributed by atoms with Crippen molar-refractivity contribution in [2.75, 3.05) is 17.7 Å². The topological polar surface area (TPSA) is 149 Å². The molecule has 12 heteroatoms. The Morgan fingerprint density at radius 3 is 1.96 bits per heavy atom. The lowest BCUT2D eigenvalue weighted by Gasteiger charge is -2.30. The van der Waals surface area contributed by atoms with Gasteiger partial charge in [-0.1, -0.05) is 13.8 Å². The number of benzene rings is 2. The van der Waals surface area contributed by atoms with E-state index in [0.29, 0.717) is 11.9 Å². The minimum Gasteiger partial charge on any atom is -0.497 e.